The summed E-state index contributed by atoms with van der Waals surface area (Å²) in [6, 6.07) is 9.98. The molecule has 2 aromatic rings. The molecule has 0 spiro atoms. The van der Waals surface area contributed by atoms with E-state index in [0.29, 0.717) is 36.3 Å². The van der Waals surface area contributed by atoms with E-state index in [1.165, 1.54) is 18.2 Å². The second-order valence-electron chi connectivity index (χ2n) is 7.19. The molecular weight excluding hydrogens is 397 g/mol. The molecule has 0 saturated carbocycles. The largest absolute Gasteiger partial charge is 0.454 e. The first-order chi connectivity index (χ1) is 14.1. The molecule has 152 valence electrons. The third-order valence-electron chi connectivity index (χ3n) is 5.38. The van der Waals surface area contributed by atoms with Crippen molar-refractivity contribution in [2.75, 3.05) is 26.6 Å². The number of nitrogens with one attached hydrogen (secondary N) is 1. The van der Waals surface area contributed by atoms with Crippen LogP contribution in [-0.2, 0) is 14.9 Å². The number of hydrogen-bond acceptors (Lipinski definition) is 4. The van der Waals surface area contributed by atoms with Crippen LogP contribution >= 0.6 is 11.6 Å². The minimum Gasteiger partial charge on any atom is -0.454 e. The van der Waals surface area contributed by atoms with Crippen molar-refractivity contribution in [1.29, 1.82) is 0 Å². The van der Waals surface area contributed by atoms with Gasteiger partial charge in [-0.3, -0.25) is 4.79 Å². The molecule has 1 saturated heterocycles. The molecular formula is C22H21ClFNO4. The number of carbonyl (C=O) groups excluding carboxylic acids is 1. The maximum atomic E-state index is 13.3. The highest BCUT2D eigenvalue weighted by Crippen LogP contribution is 2.40. The van der Waals surface area contributed by atoms with Crippen molar-refractivity contribution in [2.24, 2.45) is 0 Å². The highest BCUT2D eigenvalue weighted by Gasteiger charge is 2.34. The second-order valence-corrected chi connectivity index (χ2v) is 7.59. The van der Waals surface area contributed by atoms with Crippen molar-refractivity contribution in [3.63, 3.8) is 0 Å². The van der Waals surface area contributed by atoms with Crippen molar-refractivity contribution in [2.45, 2.75) is 18.3 Å². The van der Waals surface area contributed by atoms with Crippen molar-refractivity contribution in [1.82, 2.24) is 5.32 Å². The van der Waals surface area contributed by atoms with E-state index in [-0.39, 0.29) is 23.9 Å². The molecule has 4 rings (SSSR count). The van der Waals surface area contributed by atoms with E-state index >= 15 is 0 Å². The summed E-state index contributed by atoms with van der Waals surface area (Å²) < 4.78 is 29.5. The average molecular weight is 418 g/mol. The molecule has 2 aromatic carbocycles. The summed E-state index contributed by atoms with van der Waals surface area (Å²) in [5.41, 5.74) is 1.49. The van der Waals surface area contributed by atoms with Crippen LogP contribution in [0.1, 0.15) is 24.0 Å². The SMILES string of the molecule is O=C(C=Cc1cc(Cl)c2c(c1)OCO2)NCC1(c2ccc(F)cc2)CCOCC1. The van der Waals surface area contributed by atoms with Gasteiger partial charge in [0.1, 0.15) is 5.82 Å². The lowest BCUT2D eigenvalue weighted by Crippen LogP contribution is -2.44. The Labute approximate surface area is 173 Å². The fraction of sp³-hybridized carbons (Fsp3) is 0.318. The van der Waals surface area contributed by atoms with Crippen molar-refractivity contribution in [3.8, 4) is 11.5 Å². The van der Waals surface area contributed by atoms with E-state index in [0.717, 1.165) is 24.0 Å². The smallest absolute Gasteiger partial charge is 0.244 e. The number of fused-ring (bicyclic) bond motifs is 1. The van der Waals surface area contributed by atoms with Gasteiger partial charge >= 0.3 is 0 Å². The predicted octanol–water partition coefficient (Wildman–Crippen LogP) is 4.09. The van der Waals surface area contributed by atoms with E-state index in [2.05, 4.69) is 5.32 Å². The van der Waals surface area contributed by atoms with Gasteiger partial charge in [-0.25, -0.2) is 4.39 Å². The normalized spacial score (nSPS) is 17.4. The van der Waals surface area contributed by atoms with E-state index in [1.807, 2.05) is 0 Å². The Morgan fingerprint density at radius 2 is 1.93 bits per heavy atom. The van der Waals surface area contributed by atoms with Crippen LogP contribution in [0.2, 0.25) is 5.02 Å². The quantitative estimate of drug-likeness (QED) is 0.744. The van der Waals surface area contributed by atoms with Gasteiger partial charge in [0.2, 0.25) is 12.7 Å². The minimum absolute atomic E-state index is 0.137. The van der Waals surface area contributed by atoms with Crippen molar-refractivity contribution < 1.29 is 23.4 Å². The summed E-state index contributed by atoms with van der Waals surface area (Å²) in [4.78, 5) is 12.4. The van der Waals surface area contributed by atoms with Gasteiger partial charge in [0.25, 0.3) is 0 Å². The number of ether oxygens (including phenoxy) is 3. The molecule has 0 bridgehead atoms. The summed E-state index contributed by atoms with van der Waals surface area (Å²) >= 11 is 6.17. The third-order valence-corrected chi connectivity index (χ3v) is 5.66. The Hall–Kier alpha value is -2.57. The highest BCUT2D eigenvalue weighted by molar-refractivity contribution is 6.32. The Bertz CT molecular complexity index is 923. The van der Waals surface area contributed by atoms with Crippen LogP contribution in [-0.4, -0.2) is 32.5 Å². The second kappa shape index (κ2) is 8.43. The molecule has 1 N–H and O–H groups in total. The molecule has 0 unspecified atom stereocenters. The summed E-state index contributed by atoms with van der Waals surface area (Å²) in [6.45, 7) is 1.81. The zero-order valence-electron chi connectivity index (χ0n) is 15.8. The number of rotatable bonds is 5. The van der Waals surface area contributed by atoms with Crippen LogP contribution in [0, 0.1) is 5.82 Å². The lowest BCUT2D eigenvalue weighted by atomic mass is 9.74. The van der Waals surface area contributed by atoms with E-state index < -0.39 is 0 Å². The maximum absolute atomic E-state index is 13.3. The highest BCUT2D eigenvalue weighted by atomic mass is 35.5. The minimum atomic E-state index is -0.273. The van der Waals surface area contributed by atoms with Gasteiger partial charge in [-0.05, 0) is 54.3 Å². The zero-order chi connectivity index (χ0) is 20.3. The average Bonchev–Trinajstić information content (AvgIpc) is 3.21. The third kappa shape index (κ3) is 4.38. The first kappa shape index (κ1) is 19.7. The standard InChI is InChI=1S/C22H21ClFNO4/c23-18-11-15(12-19-21(18)29-14-28-19)1-6-20(26)25-13-22(7-9-27-10-8-22)16-2-4-17(24)5-3-16/h1-6,11-12H,7-10,13-14H2,(H,25,26). The number of amides is 1. The molecule has 0 aliphatic carbocycles. The van der Waals surface area contributed by atoms with Gasteiger partial charge < -0.3 is 19.5 Å². The molecule has 2 heterocycles. The molecule has 1 amide bonds. The van der Waals surface area contributed by atoms with Crippen molar-refractivity contribution in [3.05, 3.63) is 64.4 Å². The van der Waals surface area contributed by atoms with Gasteiger partial charge in [-0.15, -0.1) is 0 Å². The Morgan fingerprint density at radius 1 is 1.17 bits per heavy atom. The summed E-state index contributed by atoms with van der Waals surface area (Å²) in [6.07, 6.45) is 4.67. The van der Waals surface area contributed by atoms with Crippen LogP contribution in [0.5, 0.6) is 11.5 Å². The lowest BCUT2D eigenvalue weighted by molar-refractivity contribution is -0.116. The van der Waals surface area contributed by atoms with E-state index in [4.69, 9.17) is 25.8 Å². The van der Waals surface area contributed by atoms with Crippen LogP contribution < -0.4 is 14.8 Å². The number of halogens is 2. The monoisotopic (exact) mass is 417 g/mol. The fourth-order valence-electron chi connectivity index (χ4n) is 3.70. The van der Waals surface area contributed by atoms with Crippen LogP contribution in [0.25, 0.3) is 6.08 Å². The van der Waals surface area contributed by atoms with Gasteiger partial charge in [0, 0.05) is 31.2 Å². The fourth-order valence-corrected chi connectivity index (χ4v) is 3.98. The van der Waals surface area contributed by atoms with Crippen LogP contribution in [0.4, 0.5) is 4.39 Å². The van der Waals surface area contributed by atoms with Gasteiger partial charge in [-0.1, -0.05) is 23.7 Å². The van der Waals surface area contributed by atoms with E-state index in [9.17, 15) is 9.18 Å². The van der Waals surface area contributed by atoms with Crippen LogP contribution in [0.3, 0.4) is 0 Å². The molecule has 0 aromatic heterocycles. The van der Waals surface area contributed by atoms with Gasteiger partial charge in [-0.2, -0.15) is 0 Å². The Kier molecular flexibility index (Phi) is 5.74. The summed E-state index contributed by atoms with van der Waals surface area (Å²) in [5, 5.41) is 3.42. The maximum Gasteiger partial charge on any atom is 0.244 e. The first-order valence-corrected chi connectivity index (χ1v) is 9.82. The Morgan fingerprint density at radius 3 is 2.69 bits per heavy atom. The van der Waals surface area contributed by atoms with Crippen molar-refractivity contribution >= 4 is 23.6 Å². The number of hydrogen-bond donors (Lipinski definition) is 1. The topological polar surface area (TPSA) is 56.8 Å². The molecule has 2 aliphatic heterocycles. The molecule has 29 heavy (non-hydrogen) atoms. The first-order valence-electron chi connectivity index (χ1n) is 9.45. The summed E-state index contributed by atoms with van der Waals surface area (Å²) in [5.74, 6) is 0.598. The molecule has 0 radical (unpaired) electrons. The number of carbonyl (C=O) groups is 1. The molecule has 2 aliphatic rings. The lowest BCUT2D eigenvalue weighted by Gasteiger charge is -2.37. The Balaban J connectivity index is 1.44. The molecule has 5 nitrogen and oxygen atoms in total. The van der Waals surface area contributed by atoms with E-state index in [1.54, 1.807) is 30.3 Å². The van der Waals surface area contributed by atoms with Gasteiger partial charge in [0.05, 0.1) is 5.02 Å². The zero-order valence-corrected chi connectivity index (χ0v) is 16.5. The molecule has 0 atom stereocenters. The summed E-state index contributed by atoms with van der Waals surface area (Å²) in [7, 11) is 0. The molecule has 1 fully saturated rings. The van der Waals surface area contributed by atoms with Crippen LogP contribution in [0.15, 0.2) is 42.5 Å². The number of benzene rings is 2. The molecule has 7 heteroatoms. The van der Waals surface area contributed by atoms with Gasteiger partial charge in [0.15, 0.2) is 11.5 Å². The predicted molar refractivity (Wildman–Crippen MR) is 108 cm³/mol.